The fraction of sp³-hybridized carbons (Fsp3) is 0.409. The van der Waals surface area contributed by atoms with Crippen LogP contribution < -0.4 is 24.8 Å². The molecule has 1 unspecified atom stereocenters. The molecule has 2 aromatic carbocycles. The summed E-state index contributed by atoms with van der Waals surface area (Å²) < 4.78 is 16.3. The van der Waals surface area contributed by atoms with Gasteiger partial charge >= 0.3 is 0 Å². The first-order chi connectivity index (χ1) is 14.2. The van der Waals surface area contributed by atoms with E-state index in [9.17, 15) is 5.11 Å². The van der Waals surface area contributed by atoms with Crippen LogP contribution >= 0.6 is 0 Å². The van der Waals surface area contributed by atoms with Gasteiger partial charge in [0.25, 0.3) is 0 Å². The number of nitrogens with one attached hydrogen (secondary N) is 2. The summed E-state index contributed by atoms with van der Waals surface area (Å²) in [5.74, 6) is 2.97. The minimum absolute atomic E-state index is 0.271. The zero-order chi connectivity index (χ0) is 20.5. The molecule has 0 bridgehead atoms. The second-order valence-electron chi connectivity index (χ2n) is 6.85. The van der Waals surface area contributed by atoms with Crippen molar-refractivity contribution in [1.82, 2.24) is 5.32 Å². The Hall–Kier alpha value is -2.93. The van der Waals surface area contributed by atoms with Gasteiger partial charge in [0.15, 0.2) is 17.5 Å². The summed E-state index contributed by atoms with van der Waals surface area (Å²) in [6.45, 7) is 1.94. The van der Waals surface area contributed by atoms with Crippen molar-refractivity contribution in [1.29, 1.82) is 0 Å². The molecule has 3 N–H and O–H groups in total. The summed E-state index contributed by atoms with van der Waals surface area (Å²) in [6.07, 6.45) is 1.87. The maximum absolute atomic E-state index is 10.2. The highest BCUT2D eigenvalue weighted by Crippen LogP contribution is 2.28. The lowest BCUT2D eigenvalue weighted by Gasteiger charge is -2.13. The third-order valence-corrected chi connectivity index (χ3v) is 4.68. The van der Waals surface area contributed by atoms with Crippen LogP contribution in [0.15, 0.2) is 47.5 Å². The van der Waals surface area contributed by atoms with Crippen molar-refractivity contribution in [3.63, 3.8) is 0 Å². The van der Waals surface area contributed by atoms with E-state index in [0.717, 1.165) is 60.4 Å². The largest absolute Gasteiger partial charge is 0.493 e. The van der Waals surface area contributed by atoms with Crippen LogP contribution in [0.25, 0.3) is 0 Å². The molecule has 0 spiro atoms. The molecule has 0 fully saturated rings. The summed E-state index contributed by atoms with van der Waals surface area (Å²) in [5, 5.41) is 16.6. The number of hydrogen-bond acceptors (Lipinski definition) is 7. The van der Waals surface area contributed by atoms with Crippen LogP contribution in [0.5, 0.6) is 17.2 Å². The highest BCUT2D eigenvalue weighted by atomic mass is 16.5. The number of hydrogen-bond donors (Lipinski definition) is 3. The second kappa shape index (κ2) is 10.6. The predicted molar refractivity (Wildman–Crippen MR) is 114 cm³/mol. The number of ether oxygens (including phenoxy) is 3. The minimum atomic E-state index is -0.509. The lowest BCUT2D eigenvalue weighted by molar-refractivity contribution is 0.0983. The van der Waals surface area contributed by atoms with Gasteiger partial charge in [0.2, 0.25) is 0 Å². The maximum atomic E-state index is 10.2. The minimum Gasteiger partial charge on any atom is -0.493 e. The standard InChI is InChI=1S/C22H29N3O4/c1-27-20-11-6-16(14-21(20)28-2)4-3-5-18(26)15-29-19-9-7-17(8-10-19)25-22-23-12-13-24-22/h6-11,14,18,26H,3-5,12-13,15H2,1-2H3,(H2,23,24,25). The van der Waals surface area contributed by atoms with E-state index in [4.69, 9.17) is 14.2 Å². The van der Waals surface area contributed by atoms with Gasteiger partial charge < -0.3 is 30.0 Å². The van der Waals surface area contributed by atoms with Crippen LogP contribution in [-0.4, -0.2) is 51.1 Å². The van der Waals surface area contributed by atoms with E-state index >= 15 is 0 Å². The highest BCUT2D eigenvalue weighted by molar-refractivity contribution is 5.94. The molecular weight excluding hydrogens is 370 g/mol. The van der Waals surface area contributed by atoms with Crippen molar-refractivity contribution < 1.29 is 19.3 Å². The molecule has 1 aliphatic rings. The van der Waals surface area contributed by atoms with Gasteiger partial charge in [-0.25, -0.2) is 0 Å². The Kier molecular flexibility index (Phi) is 7.58. The monoisotopic (exact) mass is 399 g/mol. The van der Waals surface area contributed by atoms with E-state index in [1.54, 1.807) is 14.2 Å². The van der Waals surface area contributed by atoms with Gasteiger partial charge in [0, 0.05) is 12.2 Å². The smallest absolute Gasteiger partial charge is 0.195 e. The van der Waals surface area contributed by atoms with Crippen molar-refractivity contribution >= 4 is 11.6 Å². The molecule has 0 amide bonds. The van der Waals surface area contributed by atoms with Gasteiger partial charge in [0.1, 0.15) is 12.4 Å². The molecule has 0 saturated carbocycles. The number of rotatable bonds is 10. The molecule has 3 rings (SSSR count). The van der Waals surface area contributed by atoms with Crippen molar-refractivity contribution in [2.24, 2.45) is 4.99 Å². The molecular formula is C22H29N3O4. The first-order valence-electron chi connectivity index (χ1n) is 9.85. The normalized spacial score (nSPS) is 14.0. The van der Waals surface area contributed by atoms with E-state index in [0.29, 0.717) is 6.42 Å². The third kappa shape index (κ3) is 6.29. The van der Waals surface area contributed by atoms with E-state index in [1.807, 2.05) is 42.5 Å². The zero-order valence-electron chi connectivity index (χ0n) is 17.0. The summed E-state index contributed by atoms with van der Waals surface area (Å²) in [4.78, 5) is 4.30. The molecule has 0 aromatic heterocycles. The molecule has 0 radical (unpaired) electrons. The predicted octanol–water partition coefficient (Wildman–Crippen LogP) is 2.84. The van der Waals surface area contributed by atoms with Crippen LogP contribution in [0, 0.1) is 0 Å². The van der Waals surface area contributed by atoms with Gasteiger partial charge in [-0.1, -0.05) is 6.07 Å². The van der Waals surface area contributed by atoms with Crippen LogP contribution in [0.2, 0.25) is 0 Å². The Balaban J connectivity index is 1.38. The fourth-order valence-electron chi connectivity index (χ4n) is 3.11. The summed E-state index contributed by atoms with van der Waals surface area (Å²) in [6, 6.07) is 13.5. The van der Waals surface area contributed by atoms with Gasteiger partial charge in [-0.3, -0.25) is 4.99 Å². The molecule has 0 aliphatic carbocycles. The molecule has 7 nitrogen and oxygen atoms in total. The number of benzene rings is 2. The topological polar surface area (TPSA) is 84.3 Å². The number of methoxy groups -OCH3 is 2. The van der Waals surface area contributed by atoms with Gasteiger partial charge in [-0.15, -0.1) is 0 Å². The molecule has 2 aromatic rings. The van der Waals surface area contributed by atoms with Crippen molar-refractivity contribution in [3.8, 4) is 17.2 Å². The number of aliphatic hydroxyl groups is 1. The van der Waals surface area contributed by atoms with Gasteiger partial charge in [-0.05, 0) is 61.2 Å². The maximum Gasteiger partial charge on any atom is 0.195 e. The number of guanidine groups is 1. The van der Waals surface area contributed by atoms with Crippen molar-refractivity contribution in [3.05, 3.63) is 48.0 Å². The Morgan fingerprint density at radius 2 is 1.90 bits per heavy atom. The Morgan fingerprint density at radius 3 is 2.59 bits per heavy atom. The lowest BCUT2D eigenvalue weighted by Crippen LogP contribution is -2.26. The van der Waals surface area contributed by atoms with Crippen LogP contribution in [-0.2, 0) is 6.42 Å². The van der Waals surface area contributed by atoms with Crippen LogP contribution in [0.3, 0.4) is 0 Å². The van der Waals surface area contributed by atoms with Crippen molar-refractivity contribution in [2.45, 2.75) is 25.4 Å². The molecule has 29 heavy (non-hydrogen) atoms. The average Bonchev–Trinajstić information content (AvgIpc) is 3.26. The summed E-state index contributed by atoms with van der Waals surface area (Å²) >= 11 is 0. The first-order valence-corrected chi connectivity index (χ1v) is 9.85. The molecule has 1 aliphatic heterocycles. The second-order valence-corrected chi connectivity index (χ2v) is 6.85. The molecule has 7 heteroatoms. The van der Waals surface area contributed by atoms with Gasteiger partial charge in [-0.2, -0.15) is 0 Å². The average molecular weight is 399 g/mol. The number of aliphatic imine (C=N–C) groups is 1. The van der Waals surface area contributed by atoms with E-state index in [-0.39, 0.29) is 6.61 Å². The van der Waals surface area contributed by atoms with E-state index in [1.165, 1.54) is 0 Å². The number of aliphatic hydroxyl groups excluding tert-OH is 1. The SMILES string of the molecule is COc1ccc(CCCC(O)COc2ccc(NC3=NCCN3)cc2)cc1OC. The zero-order valence-corrected chi connectivity index (χ0v) is 17.0. The molecule has 1 heterocycles. The Bertz CT molecular complexity index is 808. The molecule has 156 valence electrons. The van der Waals surface area contributed by atoms with Gasteiger partial charge in [0.05, 0.1) is 26.9 Å². The third-order valence-electron chi connectivity index (χ3n) is 4.68. The van der Waals surface area contributed by atoms with E-state index in [2.05, 4.69) is 15.6 Å². The highest BCUT2D eigenvalue weighted by Gasteiger charge is 2.09. The summed E-state index contributed by atoms with van der Waals surface area (Å²) in [7, 11) is 3.25. The number of aryl methyl sites for hydroxylation is 1. The Morgan fingerprint density at radius 1 is 1.10 bits per heavy atom. The first kappa shape index (κ1) is 20.8. The molecule has 0 saturated heterocycles. The van der Waals surface area contributed by atoms with Crippen LogP contribution in [0.4, 0.5) is 5.69 Å². The lowest BCUT2D eigenvalue weighted by atomic mass is 10.1. The molecule has 1 atom stereocenters. The van der Waals surface area contributed by atoms with E-state index < -0.39 is 6.10 Å². The van der Waals surface area contributed by atoms with Crippen molar-refractivity contribution in [2.75, 3.05) is 39.2 Å². The summed E-state index contributed by atoms with van der Waals surface area (Å²) in [5.41, 5.74) is 2.10. The van der Waals surface area contributed by atoms with Crippen LogP contribution in [0.1, 0.15) is 18.4 Å². The fourth-order valence-corrected chi connectivity index (χ4v) is 3.11. The Labute approximate surface area is 171 Å². The number of nitrogens with zero attached hydrogens (tertiary/aromatic N) is 1. The number of anilines is 1. The quantitative estimate of drug-likeness (QED) is 0.570.